The normalized spacial score (nSPS) is 10.3. The van der Waals surface area contributed by atoms with Crippen LogP contribution in [0.4, 0.5) is 4.39 Å². The van der Waals surface area contributed by atoms with Crippen molar-refractivity contribution in [2.75, 3.05) is 7.11 Å². The maximum absolute atomic E-state index is 13.7. The number of nitrogens with zero attached hydrogens (tertiary/aromatic N) is 1. The van der Waals surface area contributed by atoms with Crippen LogP contribution >= 0.6 is 15.9 Å². The molecule has 0 saturated carbocycles. The molecule has 0 aliphatic heterocycles. The molecule has 2 rings (SSSR count). The zero-order valence-corrected chi connectivity index (χ0v) is 10.9. The third kappa shape index (κ3) is 2.47. The first-order chi connectivity index (χ1) is 8.26. The molecule has 0 amide bonds. The number of pyridine rings is 1. The van der Waals surface area contributed by atoms with Gasteiger partial charge in [0.2, 0.25) is 5.88 Å². The molecule has 0 spiro atoms. The van der Waals surface area contributed by atoms with Gasteiger partial charge in [0, 0.05) is 16.5 Å². The van der Waals surface area contributed by atoms with Crippen molar-refractivity contribution in [3.63, 3.8) is 0 Å². The topological polar surface area (TPSA) is 22.1 Å². The van der Waals surface area contributed by atoms with Crippen LogP contribution in [0.25, 0.3) is 11.1 Å². The van der Waals surface area contributed by atoms with E-state index in [1.54, 1.807) is 18.2 Å². The lowest BCUT2D eigenvalue weighted by Crippen LogP contribution is -1.96. The van der Waals surface area contributed by atoms with Crippen molar-refractivity contribution in [3.05, 3.63) is 47.9 Å². The Hall–Kier alpha value is -1.42. The Kier molecular flexibility index (Phi) is 3.74. The van der Waals surface area contributed by atoms with Crippen molar-refractivity contribution < 1.29 is 9.13 Å². The fourth-order valence-electron chi connectivity index (χ4n) is 1.59. The average Bonchev–Trinajstić information content (AvgIpc) is 2.38. The summed E-state index contributed by atoms with van der Waals surface area (Å²) < 4.78 is 18.9. The summed E-state index contributed by atoms with van der Waals surface area (Å²) in [5.41, 5.74) is 2.01. The summed E-state index contributed by atoms with van der Waals surface area (Å²) >= 11 is 3.32. The molecule has 88 valence electrons. The van der Waals surface area contributed by atoms with Crippen LogP contribution in [0.5, 0.6) is 5.88 Å². The Morgan fingerprint density at radius 3 is 2.59 bits per heavy atom. The fourth-order valence-corrected chi connectivity index (χ4v) is 1.91. The number of benzene rings is 1. The minimum absolute atomic E-state index is 0.279. The third-order valence-electron chi connectivity index (χ3n) is 2.41. The van der Waals surface area contributed by atoms with Gasteiger partial charge in [-0.3, -0.25) is 0 Å². The fraction of sp³-hybridized carbons (Fsp3) is 0.154. The highest BCUT2D eigenvalue weighted by atomic mass is 79.9. The van der Waals surface area contributed by atoms with Gasteiger partial charge < -0.3 is 4.74 Å². The number of methoxy groups -OCH3 is 1. The maximum atomic E-state index is 13.7. The summed E-state index contributed by atoms with van der Waals surface area (Å²) in [6.45, 7) is 0. The van der Waals surface area contributed by atoms with Crippen LogP contribution in [-0.4, -0.2) is 12.1 Å². The summed E-state index contributed by atoms with van der Waals surface area (Å²) in [5.74, 6) is 0.159. The van der Waals surface area contributed by atoms with Gasteiger partial charge in [0.25, 0.3) is 0 Å². The molecule has 17 heavy (non-hydrogen) atoms. The summed E-state index contributed by atoms with van der Waals surface area (Å²) in [6, 6.07) is 10.2. The van der Waals surface area contributed by atoms with Crippen molar-refractivity contribution in [2.45, 2.75) is 5.33 Å². The van der Waals surface area contributed by atoms with E-state index in [0.29, 0.717) is 22.3 Å². The summed E-state index contributed by atoms with van der Waals surface area (Å²) in [7, 11) is 1.53. The third-order valence-corrected chi connectivity index (χ3v) is 2.99. The van der Waals surface area contributed by atoms with Crippen molar-refractivity contribution in [1.82, 2.24) is 4.98 Å². The molecule has 0 unspecified atom stereocenters. The molecule has 1 heterocycles. The Labute approximate surface area is 108 Å². The lowest BCUT2D eigenvalue weighted by molar-refractivity contribution is 0.398. The number of aromatic nitrogens is 1. The summed E-state index contributed by atoms with van der Waals surface area (Å²) in [5, 5.41) is 0.640. The first-order valence-electron chi connectivity index (χ1n) is 5.11. The predicted molar refractivity (Wildman–Crippen MR) is 68.8 cm³/mol. The maximum Gasteiger partial charge on any atom is 0.221 e. The second-order valence-electron chi connectivity index (χ2n) is 3.47. The minimum Gasteiger partial charge on any atom is -0.481 e. The van der Waals surface area contributed by atoms with E-state index in [1.165, 1.54) is 13.2 Å². The number of alkyl halides is 1. The van der Waals surface area contributed by atoms with Crippen LogP contribution < -0.4 is 4.74 Å². The smallest absolute Gasteiger partial charge is 0.221 e. The zero-order chi connectivity index (χ0) is 12.3. The highest BCUT2D eigenvalue weighted by Crippen LogP contribution is 2.30. The molecule has 0 saturated heterocycles. The van der Waals surface area contributed by atoms with E-state index in [2.05, 4.69) is 20.9 Å². The van der Waals surface area contributed by atoms with Crippen LogP contribution in [0, 0.1) is 5.82 Å². The molecule has 2 nitrogen and oxygen atoms in total. The molecule has 1 aromatic heterocycles. The Balaban J connectivity index is 2.56. The first kappa shape index (κ1) is 12.0. The van der Waals surface area contributed by atoms with Gasteiger partial charge in [-0.1, -0.05) is 34.1 Å². The van der Waals surface area contributed by atoms with Crippen molar-refractivity contribution in [2.24, 2.45) is 0 Å². The summed E-state index contributed by atoms with van der Waals surface area (Å²) in [6.07, 6.45) is 0. The molecule has 0 aliphatic carbocycles. The minimum atomic E-state index is -0.279. The molecular formula is C13H11BrFNO. The quantitative estimate of drug-likeness (QED) is 0.804. The monoisotopic (exact) mass is 295 g/mol. The largest absolute Gasteiger partial charge is 0.481 e. The van der Waals surface area contributed by atoms with Crippen LogP contribution in [0.1, 0.15) is 5.69 Å². The van der Waals surface area contributed by atoms with E-state index in [4.69, 9.17) is 4.74 Å². The van der Waals surface area contributed by atoms with Crippen LogP contribution in [0.3, 0.4) is 0 Å². The predicted octanol–water partition coefficient (Wildman–Crippen LogP) is 3.79. The van der Waals surface area contributed by atoms with Crippen LogP contribution in [0.15, 0.2) is 36.4 Å². The van der Waals surface area contributed by atoms with Gasteiger partial charge in [-0.15, -0.1) is 0 Å². The lowest BCUT2D eigenvalue weighted by atomic mass is 10.1. The lowest BCUT2D eigenvalue weighted by Gasteiger charge is -2.09. The van der Waals surface area contributed by atoms with E-state index < -0.39 is 0 Å². The van der Waals surface area contributed by atoms with E-state index in [-0.39, 0.29) is 5.82 Å². The van der Waals surface area contributed by atoms with Gasteiger partial charge in [-0.05, 0) is 18.2 Å². The van der Waals surface area contributed by atoms with Gasteiger partial charge in [0.1, 0.15) is 5.82 Å². The van der Waals surface area contributed by atoms with Gasteiger partial charge >= 0.3 is 0 Å². The highest BCUT2D eigenvalue weighted by Gasteiger charge is 2.11. The van der Waals surface area contributed by atoms with Crippen molar-refractivity contribution in [1.29, 1.82) is 0 Å². The number of ether oxygens (including phenoxy) is 1. The molecule has 0 radical (unpaired) electrons. The standard InChI is InChI=1S/C13H11BrFNO/c1-17-13-11(7-6-9(8-14)16-13)10-4-2-3-5-12(10)15/h2-7H,8H2,1H3. The molecule has 0 bridgehead atoms. The molecule has 0 fully saturated rings. The average molecular weight is 296 g/mol. The Morgan fingerprint density at radius 1 is 1.18 bits per heavy atom. The van der Waals surface area contributed by atoms with Crippen molar-refractivity contribution in [3.8, 4) is 17.0 Å². The van der Waals surface area contributed by atoms with Crippen LogP contribution in [-0.2, 0) is 5.33 Å². The van der Waals surface area contributed by atoms with E-state index in [9.17, 15) is 4.39 Å². The number of hydrogen-bond acceptors (Lipinski definition) is 2. The molecule has 2 aromatic rings. The number of halogens is 2. The van der Waals surface area contributed by atoms with Gasteiger partial charge in [0.05, 0.1) is 12.8 Å². The molecule has 0 aliphatic rings. The van der Waals surface area contributed by atoms with E-state index in [1.807, 2.05) is 12.1 Å². The molecule has 0 atom stereocenters. The second-order valence-corrected chi connectivity index (χ2v) is 4.03. The van der Waals surface area contributed by atoms with Gasteiger partial charge in [-0.25, -0.2) is 9.37 Å². The SMILES string of the molecule is COc1nc(CBr)ccc1-c1ccccc1F. The summed E-state index contributed by atoms with van der Waals surface area (Å²) in [4.78, 5) is 4.29. The molecule has 0 N–H and O–H groups in total. The number of rotatable bonds is 3. The van der Waals surface area contributed by atoms with Crippen LogP contribution in [0.2, 0.25) is 0 Å². The van der Waals surface area contributed by atoms with E-state index in [0.717, 1.165) is 5.69 Å². The zero-order valence-electron chi connectivity index (χ0n) is 9.28. The molecule has 1 aromatic carbocycles. The van der Waals surface area contributed by atoms with Gasteiger partial charge in [0.15, 0.2) is 0 Å². The van der Waals surface area contributed by atoms with E-state index >= 15 is 0 Å². The van der Waals surface area contributed by atoms with Crippen molar-refractivity contribution >= 4 is 15.9 Å². The number of hydrogen-bond donors (Lipinski definition) is 0. The first-order valence-corrected chi connectivity index (χ1v) is 6.23. The highest BCUT2D eigenvalue weighted by molar-refractivity contribution is 9.08. The Morgan fingerprint density at radius 2 is 1.94 bits per heavy atom. The molecular weight excluding hydrogens is 285 g/mol. The van der Waals surface area contributed by atoms with Gasteiger partial charge in [-0.2, -0.15) is 0 Å². The Bertz CT molecular complexity index is 531. The molecule has 4 heteroatoms. The second kappa shape index (κ2) is 5.27.